The highest BCUT2D eigenvalue weighted by Crippen LogP contribution is 2.22. The van der Waals surface area contributed by atoms with Crippen molar-refractivity contribution in [2.75, 3.05) is 18.8 Å². The highest BCUT2D eigenvalue weighted by atomic mass is 16.6. The molecule has 0 bridgehead atoms. The Balaban J connectivity index is 2.13. The molecule has 0 saturated carbocycles. The van der Waals surface area contributed by atoms with Gasteiger partial charge in [-0.05, 0) is 25.5 Å². The van der Waals surface area contributed by atoms with E-state index >= 15 is 0 Å². The molecule has 0 aromatic heterocycles. The number of ether oxygens (including phenoxy) is 1. The van der Waals surface area contributed by atoms with Crippen LogP contribution in [0.4, 0.5) is 11.4 Å². The van der Waals surface area contributed by atoms with Crippen LogP contribution in [0.1, 0.15) is 19.4 Å². The third-order valence-electron chi connectivity index (χ3n) is 3.23. The number of nitro groups is 1. The van der Waals surface area contributed by atoms with Crippen molar-refractivity contribution in [1.29, 1.82) is 0 Å². The van der Waals surface area contributed by atoms with Crippen LogP contribution >= 0.6 is 0 Å². The van der Waals surface area contributed by atoms with Crippen LogP contribution in [0, 0.1) is 10.1 Å². The second kappa shape index (κ2) is 5.54. The molecule has 1 aliphatic rings. The highest BCUT2D eigenvalue weighted by Gasteiger charge is 2.23. The number of hydrogen-bond acceptors (Lipinski definition) is 5. The third kappa shape index (κ3) is 3.42. The van der Waals surface area contributed by atoms with Gasteiger partial charge in [-0.1, -0.05) is 0 Å². The van der Waals surface area contributed by atoms with Gasteiger partial charge < -0.3 is 10.5 Å². The zero-order valence-electron chi connectivity index (χ0n) is 11.2. The van der Waals surface area contributed by atoms with Crippen molar-refractivity contribution in [3.05, 3.63) is 33.9 Å². The van der Waals surface area contributed by atoms with Crippen molar-refractivity contribution in [2.45, 2.75) is 32.6 Å². The predicted octanol–water partition coefficient (Wildman–Crippen LogP) is 1.79. The lowest BCUT2D eigenvalue weighted by Gasteiger charge is -2.35. The van der Waals surface area contributed by atoms with E-state index in [9.17, 15) is 10.1 Å². The molecule has 1 aromatic carbocycles. The molecule has 2 N–H and O–H groups in total. The van der Waals surface area contributed by atoms with Crippen LogP contribution in [-0.2, 0) is 11.3 Å². The topological polar surface area (TPSA) is 81.6 Å². The minimum absolute atomic E-state index is 0.0820. The second-order valence-corrected chi connectivity index (χ2v) is 5.09. The van der Waals surface area contributed by atoms with Crippen LogP contribution in [0.3, 0.4) is 0 Å². The van der Waals surface area contributed by atoms with Gasteiger partial charge in [0.15, 0.2) is 0 Å². The first-order chi connectivity index (χ1) is 8.95. The lowest BCUT2D eigenvalue weighted by molar-refractivity contribution is -0.384. The first-order valence-corrected chi connectivity index (χ1v) is 6.36. The smallest absolute Gasteiger partial charge is 0.269 e. The number of morpholine rings is 1. The van der Waals surface area contributed by atoms with Gasteiger partial charge >= 0.3 is 0 Å². The van der Waals surface area contributed by atoms with E-state index in [2.05, 4.69) is 4.90 Å². The van der Waals surface area contributed by atoms with Crippen molar-refractivity contribution < 1.29 is 9.66 Å². The van der Waals surface area contributed by atoms with E-state index in [1.807, 2.05) is 13.8 Å². The van der Waals surface area contributed by atoms with Crippen LogP contribution in [0.15, 0.2) is 18.2 Å². The molecule has 1 aromatic rings. The molecule has 1 saturated heterocycles. The molecule has 1 aliphatic heterocycles. The number of nitrogens with zero attached hydrogens (tertiary/aromatic N) is 2. The number of anilines is 1. The molecule has 2 rings (SSSR count). The number of nitro benzene ring substituents is 1. The van der Waals surface area contributed by atoms with Gasteiger partial charge in [-0.25, -0.2) is 0 Å². The molecule has 2 atom stereocenters. The summed E-state index contributed by atoms with van der Waals surface area (Å²) >= 11 is 0. The van der Waals surface area contributed by atoms with E-state index in [1.54, 1.807) is 12.1 Å². The Bertz CT molecular complexity index is 468. The SMILES string of the molecule is C[C@@H]1CN(Cc2cc([N+](=O)[O-])ccc2N)C[C@H](C)O1. The first kappa shape index (κ1) is 13.8. The van der Waals surface area contributed by atoms with Gasteiger partial charge in [-0.15, -0.1) is 0 Å². The fourth-order valence-corrected chi connectivity index (χ4v) is 2.50. The molecule has 0 spiro atoms. The van der Waals surface area contributed by atoms with E-state index in [0.29, 0.717) is 12.2 Å². The van der Waals surface area contributed by atoms with Crippen molar-refractivity contribution in [2.24, 2.45) is 0 Å². The Morgan fingerprint density at radius 1 is 1.42 bits per heavy atom. The second-order valence-electron chi connectivity index (χ2n) is 5.09. The molecule has 19 heavy (non-hydrogen) atoms. The maximum atomic E-state index is 10.8. The summed E-state index contributed by atoms with van der Waals surface area (Å²) in [5.74, 6) is 0. The Morgan fingerprint density at radius 3 is 2.63 bits per heavy atom. The summed E-state index contributed by atoms with van der Waals surface area (Å²) in [6.45, 7) is 6.30. The van der Waals surface area contributed by atoms with Crippen LogP contribution in [-0.4, -0.2) is 35.1 Å². The highest BCUT2D eigenvalue weighted by molar-refractivity contribution is 5.52. The fraction of sp³-hybridized carbons (Fsp3) is 0.538. The molecule has 6 nitrogen and oxygen atoms in total. The summed E-state index contributed by atoms with van der Waals surface area (Å²) < 4.78 is 5.67. The molecule has 0 unspecified atom stereocenters. The number of nitrogen functional groups attached to an aromatic ring is 1. The summed E-state index contributed by atoms with van der Waals surface area (Å²) in [6.07, 6.45) is 0.340. The molecule has 104 valence electrons. The van der Waals surface area contributed by atoms with Gasteiger partial charge in [-0.2, -0.15) is 0 Å². The minimum Gasteiger partial charge on any atom is -0.398 e. The maximum absolute atomic E-state index is 10.8. The van der Waals surface area contributed by atoms with Gasteiger partial charge in [0.05, 0.1) is 17.1 Å². The van der Waals surface area contributed by atoms with E-state index in [4.69, 9.17) is 10.5 Å². The largest absolute Gasteiger partial charge is 0.398 e. The summed E-state index contributed by atoms with van der Waals surface area (Å²) in [5.41, 5.74) is 7.37. The van der Waals surface area contributed by atoms with E-state index in [0.717, 1.165) is 18.7 Å². The summed E-state index contributed by atoms with van der Waals surface area (Å²) in [5, 5.41) is 10.8. The number of nitrogens with two attached hydrogens (primary N) is 1. The molecular weight excluding hydrogens is 246 g/mol. The van der Waals surface area contributed by atoms with Crippen LogP contribution in [0.5, 0.6) is 0 Å². The average Bonchev–Trinajstić information content (AvgIpc) is 2.30. The lowest BCUT2D eigenvalue weighted by atomic mass is 10.1. The first-order valence-electron chi connectivity index (χ1n) is 6.36. The molecule has 1 heterocycles. The summed E-state index contributed by atoms with van der Waals surface area (Å²) in [4.78, 5) is 12.6. The lowest BCUT2D eigenvalue weighted by Crippen LogP contribution is -2.44. The Hall–Kier alpha value is -1.66. The van der Waals surface area contributed by atoms with Crippen LogP contribution in [0.2, 0.25) is 0 Å². The number of non-ortho nitro benzene ring substituents is 1. The van der Waals surface area contributed by atoms with Crippen LogP contribution < -0.4 is 5.73 Å². The number of benzene rings is 1. The number of rotatable bonds is 3. The van der Waals surface area contributed by atoms with Gasteiger partial charge in [0, 0.05) is 37.5 Å². The quantitative estimate of drug-likeness (QED) is 0.512. The molecule has 1 fully saturated rings. The van der Waals surface area contributed by atoms with E-state index < -0.39 is 4.92 Å². The van der Waals surface area contributed by atoms with Crippen molar-refractivity contribution >= 4 is 11.4 Å². The van der Waals surface area contributed by atoms with Crippen molar-refractivity contribution in [3.8, 4) is 0 Å². The zero-order valence-corrected chi connectivity index (χ0v) is 11.2. The molecule has 0 amide bonds. The van der Waals surface area contributed by atoms with E-state index in [-0.39, 0.29) is 17.9 Å². The van der Waals surface area contributed by atoms with Crippen molar-refractivity contribution in [1.82, 2.24) is 4.90 Å². The van der Waals surface area contributed by atoms with E-state index in [1.165, 1.54) is 6.07 Å². The standard InChI is InChI=1S/C13H19N3O3/c1-9-6-15(7-10(2)19-9)8-11-5-12(16(17)18)3-4-13(11)14/h3-5,9-10H,6-8,14H2,1-2H3/t9-,10+. The zero-order chi connectivity index (χ0) is 14.0. The molecular formula is C13H19N3O3. The van der Waals surface area contributed by atoms with Gasteiger partial charge in [-0.3, -0.25) is 15.0 Å². The predicted molar refractivity (Wildman–Crippen MR) is 72.8 cm³/mol. The van der Waals surface area contributed by atoms with Gasteiger partial charge in [0.25, 0.3) is 5.69 Å². The molecule has 0 radical (unpaired) electrons. The molecule has 0 aliphatic carbocycles. The Labute approximate surface area is 112 Å². The third-order valence-corrected chi connectivity index (χ3v) is 3.23. The van der Waals surface area contributed by atoms with Gasteiger partial charge in [0.2, 0.25) is 0 Å². The monoisotopic (exact) mass is 265 g/mol. The Morgan fingerprint density at radius 2 is 2.05 bits per heavy atom. The summed E-state index contributed by atoms with van der Waals surface area (Å²) in [6, 6.07) is 4.59. The number of hydrogen-bond donors (Lipinski definition) is 1. The van der Waals surface area contributed by atoms with Crippen LogP contribution in [0.25, 0.3) is 0 Å². The molecule has 6 heteroatoms. The average molecular weight is 265 g/mol. The summed E-state index contributed by atoms with van der Waals surface area (Å²) in [7, 11) is 0. The Kier molecular flexibility index (Phi) is 4.01. The minimum atomic E-state index is -0.395. The fourth-order valence-electron chi connectivity index (χ4n) is 2.50. The van der Waals surface area contributed by atoms with Crippen molar-refractivity contribution in [3.63, 3.8) is 0 Å². The van der Waals surface area contributed by atoms with Gasteiger partial charge in [0.1, 0.15) is 0 Å². The normalized spacial score (nSPS) is 24.3. The maximum Gasteiger partial charge on any atom is 0.269 e.